The van der Waals surface area contributed by atoms with Gasteiger partial charge < -0.3 is 19.9 Å². The van der Waals surface area contributed by atoms with Crippen LogP contribution in [-0.2, 0) is 6.42 Å². The molecule has 0 fully saturated rings. The molecule has 1 heterocycles. The number of aliphatic hydroxyl groups excluding tert-OH is 1. The number of aryl methyl sites for hydroxylation is 1. The van der Waals surface area contributed by atoms with Crippen molar-refractivity contribution < 1.29 is 14.6 Å². The summed E-state index contributed by atoms with van der Waals surface area (Å²) in [5.74, 6) is 1.76. The maximum absolute atomic E-state index is 10.00. The lowest BCUT2D eigenvalue weighted by molar-refractivity contribution is 0.0998. The molecular formula is C19H22INO3. The van der Waals surface area contributed by atoms with Crippen molar-refractivity contribution in [2.24, 2.45) is 0 Å². The van der Waals surface area contributed by atoms with E-state index in [1.165, 1.54) is 9.13 Å². The van der Waals surface area contributed by atoms with Gasteiger partial charge in [-0.15, -0.1) is 0 Å². The van der Waals surface area contributed by atoms with Crippen LogP contribution in [0.2, 0.25) is 0 Å². The van der Waals surface area contributed by atoms with Gasteiger partial charge in [0.25, 0.3) is 0 Å². The van der Waals surface area contributed by atoms with Crippen LogP contribution in [0.1, 0.15) is 12.0 Å². The third kappa shape index (κ3) is 5.09. The van der Waals surface area contributed by atoms with Crippen LogP contribution in [0.15, 0.2) is 48.5 Å². The third-order valence-electron chi connectivity index (χ3n) is 3.99. The molecule has 0 saturated heterocycles. The zero-order valence-electron chi connectivity index (χ0n) is 13.5. The number of rotatable bonds is 7. The van der Waals surface area contributed by atoms with Gasteiger partial charge in [0.15, 0.2) is 0 Å². The minimum absolute atomic E-state index is 0.153. The number of benzene rings is 2. The molecular weight excluding hydrogens is 417 g/mol. The summed E-state index contributed by atoms with van der Waals surface area (Å²) in [7, 11) is 0. The molecule has 3 rings (SSSR count). The van der Waals surface area contributed by atoms with Gasteiger partial charge in [0.2, 0.25) is 0 Å². The van der Waals surface area contributed by atoms with E-state index in [1.54, 1.807) is 0 Å². The second-order valence-corrected chi connectivity index (χ2v) is 7.21. The number of nitrogens with one attached hydrogen (secondary N) is 1. The second-order valence-electron chi connectivity index (χ2n) is 5.97. The van der Waals surface area contributed by atoms with Crippen LogP contribution in [0.3, 0.4) is 0 Å². The Balaban J connectivity index is 1.37. The second kappa shape index (κ2) is 8.69. The minimum Gasteiger partial charge on any atom is -0.491 e. The largest absolute Gasteiger partial charge is 0.491 e. The fourth-order valence-electron chi connectivity index (χ4n) is 2.74. The van der Waals surface area contributed by atoms with Gasteiger partial charge in [-0.1, -0.05) is 18.2 Å². The molecule has 2 N–H and O–H groups in total. The number of aliphatic hydroxyl groups is 1. The predicted molar refractivity (Wildman–Crippen MR) is 103 cm³/mol. The van der Waals surface area contributed by atoms with E-state index in [1.807, 2.05) is 36.4 Å². The fourth-order valence-corrected chi connectivity index (χ4v) is 3.29. The lowest BCUT2D eigenvalue weighted by atomic mass is 10.0. The van der Waals surface area contributed by atoms with E-state index in [0.29, 0.717) is 6.54 Å². The van der Waals surface area contributed by atoms with Crippen LogP contribution < -0.4 is 14.8 Å². The molecule has 128 valence electrons. The Hall–Kier alpha value is -1.31. The Labute approximate surface area is 156 Å². The zero-order chi connectivity index (χ0) is 16.8. The van der Waals surface area contributed by atoms with Crippen LogP contribution in [0.4, 0.5) is 0 Å². The van der Waals surface area contributed by atoms with Crippen LogP contribution in [0, 0.1) is 3.57 Å². The topological polar surface area (TPSA) is 50.7 Å². The standard InChI is InChI=1S/C19H22INO3/c20-15-7-9-19-14(10-15)6-8-18(24-19)12-21-11-16(22)13-23-17-4-2-1-3-5-17/h1-5,7,9-10,16,18,21-22H,6,8,11-13H2. The number of ether oxygens (including phenoxy) is 2. The highest BCUT2D eigenvalue weighted by molar-refractivity contribution is 14.1. The minimum atomic E-state index is -0.539. The number of halogens is 1. The normalized spacial score (nSPS) is 17.7. The molecule has 0 aliphatic carbocycles. The SMILES string of the molecule is OC(CNCC1CCc2cc(I)ccc2O1)COc1ccccc1. The first-order chi connectivity index (χ1) is 11.7. The van der Waals surface area contributed by atoms with Crippen LogP contribution >= 0.6 is 22.6 Å². The average Bonchev–Trinajstić information content (AvgIpc) is 2.61. The van der Waals surface area contributed by atoms with Gasteiger partial charge in [0.1, 0.15) is 30.3 Å². The Morgan fingerprint density at radius 2 is 2.08 bits per heavy atom. The highest BCUT2D eigenvalue weighted by Crippen LogP contribution is 2.28. The van der Waals surface area contributed by atoms with Gasteiger partial charge in [-0.05, 0) is 71.3 Å². The van der Waals surface area contributed by atoms with E-state index in [4.69, 9.17) is 9.47 Å². The summed E-state index contributed by atoms with van der Waals surface area (Å²) in [5, 5.41) is 13.3. The number of hydrogen-bond donors (Lipinski definition) is 2. The van der Waals surface area contributed by atoms with Crippen LogP contribution in [-0.4, -0.2) is 37.0 Å². The molecule has 4 nitrogen and oxygen atoms in total. The van der Waals surface area contributed by atoms with Crippen molar-refractivity contribution in [3.05, 3.63) is 57.7 Å². The monoisotopic (exact) mass is 439 g/mol. The molecule has 0 radical (unpaired) electrons. The molecule has 0 aromatic heterocycles. The quantitative estimate of drug-likeness (QED) is 0.652. The fraction of sp³-hybridized carbons (Fsp3) is 0.368. The summed E-state index contributed by atoms with van der Waals surface area (Å²) < 4.78 is 12.8. The molecule has 0 bridgehead atoms. The molecule has 1 aliphatic heterocycles. The van der Waals surface area contributed by atoms with Crippen molar-refractivity contribution in [2.45, 2.75) is 25.0 Å². The summed E-state index contributed by atoms with van der Waals surface area (Å²) >= 11 is 2.33. The van der Waals surface area contributed by atoms with E-state index in [9.17, 15) is 5.11 Å². The molecule has 2 aromatic carbocycles. The molecule has 0 spiro atoms. The Morgan fingerprint density at radius 3 is 2.92 bits per heavy atom. The third-order valence-corrected chi connectivity index (χ3v) is 4.66. The first-order valence-corrected chi connectivity index (χ1v) is 9.30. The number of hydrogen-bond acceptors (Lipinski definition) is 4. The molecule has 2 atom stereocenters. The van der Waals surface area contributed by atoms with E-state index < -0.39 is 6.10 Å². The van der Waals surface area contributed by atoms with E-state index in [0.717, 1.165) is 30.9 Å². The Kier molecular flexibility index (Phi) is 6.34. The highest BCUT2D eigenvalue weighted by atomic mass is 127. The van der Waals surface area contributed by atoms with Gasteiger partial charge in [0.05, 0.1) is 0 Å². The van der Waals surface area contributed by atoms with Crippen LogP contribution in [0.5, 0.6) is 11.5 Å². The smallest absolute Gasteiger partial charge is 0.123 e. The molecule has 5 heteroatoms. The molecule has 2 unspecified atom stereocenters. The van der Waals surface area contributed by atoms with Gasteiger partial charge in [-0.3, -0.25) is 0 Å². The van der Waals surface area contributed by atoms with Crippen molar-refractivity contribution in [1.82, 2.24) is 5.32 Å². The highest BCUT2D eigenvalue weighted by Gasteiger charge is 2.19. The maximum atomic E-state index is 10.00. The van der Waals surface area contributed by atoms with Gasteiger partial charge >= 0.3 is 0 Å². The number of para-hydroxylation sites is 1. The summed E-state index contributed by atoms with van der Waals surface area (Å²) in [6.07, 6.45) is 1.65. The van der Waals surface area contributed by atoms with Gasteiger partial charge in [0, 0.05) is 16.7 Å². The molecule has 0 amide bonds. The summed E-state index contributed by atoms with van der Waals surface area (Å²) in [6, 6.07) is 15.8. The van der Waals surface area contributed by atoms with Crippen molar-refractivity contribution in [1.29, 1.82) is 0 Å². The Morgan fingerprint density at radius 1 is 1.25 bits per heavy atom. The lowest BCUT2D eigenvalue weighted by Gasteiger charge is -2.27. The van der Waals surface area contributed by atoms with E-state index >= 15 is 0 Å². The van der Waals surface area contributed by atoms with Crippen LogP contribution in [0.25, 0.3) is 0 Å². The molecule has 24 heavy (non-hydrogen) atoms. The average molecular weight is 439 g/mol. The summed E-state index contributed by atoms with van der Waals surface area (Å²) in [6.45, 7) is 1.50. The maximum Gasteiger partial charge on any atom is 0.123 e. The zero-order valence-corrected chi connectivity index (χ0v) is 15.6. The molecule has 0 saturated carbocycles. The van der Waals surface area contributed by atoms with Crippen molar-refractivity contribution >= 4 is 22.6 Å². The number of fused-ring (bicyclic) bond motifs is 1. The van der Waals surface area contributed by atoms with Gasteiger partial charge in [-0.2, -0.15) is 0 Å². The molecule has 2 aromatic rings. The summed E-state index contributed by atoms with van der Waals surface area (Å²) in [4.78, 5) is 0. The van der Waals surface area contributed by atoms with Crippen molar-refractivity contribution in [3.63, 3.8) is 0 Å². The van der Waals surface area contributed by atoms with E-state index in [-0.39, 0.29) is 12.7 Å². The molecule has 1 aliphatic rings. The van der Waals surface area contributed by atoms with Crippen molar-refractivity contribution in [2.75, 3.05) is 19.7 Å². The predicted octanol–water partition coefficient (Wildman–Crippen LogP) is 3.01. The van der Waals surface area contributed by atoms with Gasteiger partial charge in [-0.25, -0.2) is 0 Å². The lowest BCUT2D eigenvalue weighted by Crippen LogP contribution is -2.39. The first-order valence-electron chi connectivity index (χ1n) is 8.22. The summed E-state index contributed by atoms with van der Waals surface area (Å²) in [5.41, 5.74) is 1.29. The first kappa shape index (κ1) is 17.5. The Bertz CT molecular complexity index is 650. The van der Waals surface area contributed by atoms with Crippen molar-refractivity contribution in [3.8, 4) is 11.5 Å². The van der Waals surface area contributed by atoms with E-state index in [2.05, 4.69) is 40.0 Å².